The first kappa shape index (κ1) is 12.2. The van der Waals surface area contributed by atoms with Gasteiger partial charge in [-0.1, -0.05) is 0 Å². The Morgan fingerprint density at radius 3 is 2.50 bits per heavy atom. The number of carbonyl (C=O) groups is 2. The van der Waals surface area contributed by atoms with Gasteiger partial charge in [0.2, 0.25) is 6.79 Å². The van der Waals surface area contributed by atoms with Gasteiger partial charge in [-0.25, -0.2) is 4.79 Å². The van der Waals surface area contributed by atoms with Crippen LogP contribution in [0.1, 0.15) is 35.9 Å². The molecule has 0 spiro atoms. The zero-order valence-electron chi connectivity index (χ0n) is 9.93. The molecule has 1 aliphatic rings. The summed E-state index contributed by atoms with van der Waals surface area (Å²) in [6.45, 7) is 2.93. The second-order valence-corrected chi connectivity index (χ2v) is 3.85. The van der Waals surface area contributed by atoms with Gasteiger partial charge in [0.1, 0.15) is 6.10 Å². The fourth-order valence-corrected chi connectivity index (χ4v) is 1.79. The minimum atomic E-state index is -1.11. The summed E-state index contributed by atoms with van der Waals surface area (Å²) in [4.78, 5) is 22.1. The van der Waals surface area contributed by atoms with Gasteiger partial charge in [0, 0.05) is 12.5 Å². The van der Waals surface area contributed by atoms with Crippen molar-refractivity contribution < 1.29 is 28.9 Å². The van der Waals surface area contributed by atoms with Gasteiger partial charge in [-0.15, -0.1) is 0 Å². The average Bonchev–Trinajstić information content (AvgIpc) is 2.72. The number of benzene rings is 1. The van der Waals surface area contributed by atoms with E-state index in [1.165, 1.54) is 19.1 Å². The number of hydrogen-bond acceptors (Lipinski definition) is 5. The number of hydrogen-bond donors (Lipinski definition) is 1. The summed E-state index contributed by atoms with van der Waals surface area (Å²) in [5.74, 6) is -0.751. The molecular weight excluding hydrogens is 240 g/mol. The van der Waals surface area contributed by atoms with E-state index in [0.717, 1.165) is 0 Å². The first-order valence-electron chi connectivity index (χ1n) is 5.33. The maximum absolute atomic E-state index is 11.2. The third-order valence-electron chi connectivity index (χ3n) is 2.56. The Hall–Kier alpha value is -2.24. The van der Waals surface area contributed by atoms with Gasteiger partial charge in [-0.2, -0.15) is 0 Å². The number of carbonyl (C=O) groups excluding carboxylic acids is 1. The number of esters is 1. The third kappa shape index (κ3) is 2.22. The lowest BCUT2D eigenvalue weighted by molar-refractivity contribution is -0.145. The molecule has 1 heterocycles. The molecule has 0 saturated heterocycles. The summed E-state index contributed by atoms with van der Waals surface area (Å²) in [7, 11) is 0. The zero-order chi connectivity index (χ0) is 13.3. The van der Waals surface area contributed by atoms with E-state index in [-0.39, 0.29) is 12.4 Å². The molecule has 0 bridgehead atoms. The molecule has 1 aliphatic heterocycles. The van der Waals surface area contributed by atoms with Crippen LogP contribution in [0.3, 0.4) is 0 Å². The lowest BCUT2D eigenvalue weighted by Gasteiger charge is -2.15. The Morgan fingerprint density at radius 2 is 1.94 bits per heavy atom. The molecule has 0 saturated carbocycles. The van der Waals surface area contributed by atoms with E-state index in [4.69, 9.17) is 19.3 Å². The van der Waals surface area contributed by atoms with Crippen LogP contribution in [0.25, 0.3) is 0 Å². The molecule has 1 unspecified atom stereocenters. The van der Waals surface area contributed by atoms with Gasteiger partial charge in [-0.05, 0) is 19.1 Å². The van der Waals surface area contributed by atoms with Crippen LogP contribution in [-0.4, -0.2) is 23.8 Å². The summed E-state index contributed by atoms with van der Waals surface area (Å²) >= 11 is 0. The summed E-state index contributed by atoms with van der Waals surface area (Å²) < 4.78 is 15.3. The van der Waals surface area contributed by atoms with E-state index in [0.29, 0.717) is 17.1 Å². The van der Waals surface area contributed by atoms with Crippen LogP contribution in [-0.2, 0) is 9.53 Å². The molecule has 6 nitrogen and oxygen atoms in total. The Bertz CT molecular complexity index is 508. The summed E-state index contributed by atoms with van der Waals surface area (Å²) in [5, 5.41) is 9.14. The molecular formula is C12H12O6. The van der Waals surface area contributed by atoms with Crippen molar-refractivity contribution in [1.82, 2.24) is 0 Å². The van der Waals surface area contributed by atoms with Crippen LogP contribution in [0.15, 0.2) is 12.1 Å². The van der Waals surface area contributed by atoms with E-state index >= 15 is 0 Å². The highest BCUT2D eigenvalue weighted by atomic mass is 16.7. The molecule has 1 aromatic rings. The van der Waals surface area contributed by atoms with E-state index in [2.05, 4.69) is 0 Å². The van der Waals surface area contributed by atoms with Gasteiger partial charge in [0.25, 0.3) is 0 Å². The molecule has 2 rings (SSSR count). The second kappa shape index (κ2) is 4.56. The zero-order valence-corrected chi connectivity index (χ0v) is 9.93. The quantitative estimate of drug-likeness (QED) is 0.825. The highest BCUT2D eigenvalue weighted by Crippen LogP contribution is 2.37. The van der Waals surface area contributed by atoms with Crippen molar-refractivity contribution in [2.24, 2.45) is 0 Å². The summed E-state index contributed by atoms with van der Waals surface area (Å²) in [6.07, 6.45) is -0.664. The van der Waals surface area contributed by atoms with Crippen LogP contribution < -0.4 is 9.47 Å². The number of aromatic carboxylic acids is 1. The largest absolute Gasteiger partial charge is 0.478 e. The standard InChI is InChI=1S/C12H12O6/c1-6(18-7(2)13)8-3-10-11(17-5-16-10)4-9(8)12(14)15/h3-4,6H,5H2,1-2H3,(H,14,15). The molecule has 18 heavy (non-hydrogen) atoms. The van der Waals surface area contributed by atoms with Crippen LogP contribution in [0.5, 0.6) is 11.5 Å². The Kier molecular flexibility index (Phi) is 3.10. The molecule has 0 radical (unpaired) electrons. The van der Waals surface area contributed by atoms with Crippen molar-refractivity contribution >= 4 is 11.9 Å². The first-order valence-corrected chi connectivity index (χ1v) is 5.33. The molecule has 1 N–H and O–H groups in total. The highest BCUT2D eigenvalue weighted by molar-refractivity contribution is 5.90. The molecule has 6 heteroatoms. The van der Waals surface area contributed by atoms with E-state index in [9.17, 15) is 9.59 Å². The minimum absolute atomic E-state index is 0.0352. The van der Waals surface area contributed by atoms with Crippen molar-refractivity contribution in [2.75, 3.05) is 6.79 Å². The summed E-state index contributed by atoms with van der Waals surface area (Å²) in [6, 6.07) is 2.90. The van der Waals surface area contributed by atoms with Crippen molar-refractivity contribution in [3.63, 3.8) is 0 Å². The van der Waals surface area contributed by atoms with E-state index in [1.807, 2.05) is 0 Å². The molecule has 96 valence electrons. The van der Waals surface area contributed by atoms with Crippen molar-refractivity contribution in [2.45, 2.75) is 20.0 Å². The highest BCUT2D eigenvalue weighted by Gasteiger charge is 2.24. The number of rotatable bonds is 3. The van der Waals surface area contributed by atoms with Gasteiger partial charge >= 0.3 is 11.9 Å². The topological polar surface area (TPSA) is 82.1 Å². The molecule has 1 atom stereocenters. The maximum Gasteiger partial charge on any atom is 0.336 e. The van der Waals surface area contributed by atoms with Gasteiger partial charge in [0.15, 0.2) is 11.5 Å². The lowest BCUT2D eigenvalue weighted by atomic mass is 10.0. The molecule has 0 aromatic heterocycles. The molecule has 0 aliphatic carbocycles. The van der Waals surface area contributed by atoms with Crippen molar-refractivity contribution in [1.29, 1.82) is 0 Å². The Balaban J connectivity index is 2.44. The third-order valence-corrected chi connectivity index (χ3v) is 2.56. The second-order valence-electron chi connectivity index (χ2n) is 3.85. The van der Waals surface area contributed by atoms with E-state index in [1.54, 1.807) is 6.92 Å². The first-order chi connectivity index (χ1) is 8.49. The SMILES string of the molecule is CC(=O)OC(C)c1cc2c(cc1C(=O)O)OCO2. The van der Waals surface area contributed by atoms with E-state index < -0.39 is 18.0 Å². The minimum Gasteiger partial charge on any atom is -0.478 e. The molecule has 0 amide bonds. The van der Waals surface area contributed by atoms with Crippen LogP contribution in [0, 0.1) is 0 Å². The Labute approximate surface area is 103 Å². The monoisotopic (exact) mass is 252 g/mol. The normalized spacial score (nSPS) is 14.1. The smallest absolute Gasteiger partial charge is 0.336 e. The van der Waals surface area contributed by atoms with Crippen LogP contribution in [0.2, 0.25) is 0 Å². The van der Waals surface area contributed by atoms with Crippen molar-refractivity contribution in [3.05, 3.63) is 23.3 Å². The lowest BCUT2D eigenvalue weighted by Crippen LogP contribution is -2.10. The number of fused-ring (bicyclic) bond motifs is 1. The van der Waals surface area contributed by atoms with Crippen molar-refractivity contribution in [3.8, 4) is 11.5 Å². The van der Waals surface area contributed by atoms with Gasteiger partial charge in [-0.3, -0.25) is 4.79 Å². The molecule has 0 fully saturated rings. The number of carboxylic acids is 1. The number of ether oxygens (including phenoxy) is 3. The van der Waals surface area contributed by atoms with Gasteiger partial charge in [0.05, 0.1) is 5.56 Å². The molecule has 1 aromatic carbocycles. The predicted molar refractivity (Wildman–Crippen MR) is 59.7 cm³/mol. The maximum atomic E-state index is 11.2. The fourth-order valence-electron chi connectivity index (χ4n) is 1.79. The fraction of sp³-hybridized carbons (Fsp3) is 0.333. The number of carboxylic acid groups (broad SMARTS) is 1. The van der Waals surface area contributed by atoms with Crippen LogP contribution in [0.4, 0.5) is 0 Å². The van der Waals surface area contributed by atoms with Gasteiger partial charge < -0.3 is 19.3 Å². The Morgan fingerprint density at radius 1 is 1.33 bits per heavy atom. The summed E-state index contributed by atoms with van der Waals surface area (Å²) in [5.41, 5.74) is 0.412. The average molecular weight is 252 g/mol. The predicted octanol–water partition coefficient (Wildman–Crippen LogP) is 1.74. The van der Waals surface area contributed by atoms with Crippen LogP contribution >= 0.6 is 0 Å².